The fourth-order valence-electron chi connectivity index (χ4n) is 3.04. The summed E-state index contributed by atoms with van der Waals surface area (Å²) in [5.41, 5.74) is 4.05. The highest BCUT2D eigenvalue weighted by molar-refractivity contribution is 9.10. The number of alkyl halides is 2. The van der Waals surface area contributed by atoms with E-state index >= 15 is 0 Å². The Balaban J connectivity index is 1.88. The Bertz CT molecular complexity index is 930. The van der Waals surface area contributed by atoms with Crippen molar-refractivity contribution in [3.8, 4) is 0 Å². The predicted octanol–water partition coefficient (Wildman–Crippen LogP) is 3.63. The number of aromatic nitrogens is 5. The van der Waals surface area contributed by atoms with Crippen molar-refractivity contribution in [2.24, 2.45) is 0 Å². The fraction of sp³-hybridized carbons (Fsp3) is 0.368. The molecule has 148 valence electrons. The Labute approximate surface area is 170 Å². The third-order valence-corrected chi connectivity index (χ3v) is 4.95. The Morgan fingerprint density at radius 1 is 1.11 bits per heavy atom. The molecule has 0 saturated carbocycles. The second-order valence-corrected chi connectivity index (χ2v) is 7.32. The first kappa shape index (κ1) is 20.5. The van der Waals surface area contributed by atoms with Gasteiger partial charge < -0.3 is 5.32 Å². The summed E-state index contributed by atoms with van der Waals surface area (Å²) >= 11 is 3.38. The zero-order valence-corrected chi connectivity index (χ0v) is 17.2. The Morgan fingerprint density at radius 2 is 1.89 bits per heavy atom. The minimum absolute atomic E-state index is 0.318. The first-order valence-electron chi connectivity index (χ1n) is 8.91. The van der Waals surface area contributed by atoms with Gasteiger partial charge in [-0.2, -0.15) is 0 Å². The van der Waals surface area contributed by atoms with E-state index in [2.05, 4.69) is 60.8 Å². The van der Waals surface area contributed by atoms with Gasteiger partial charge in [-0.05, 0) is 69.4 Å². The predicted molar refractivity (Wildman–Crippen MR) is 105 cm³/mol. The van der Waals surface area contributed by atoms with Crippen LogP contribution >= 0.6 is 15.9 Å². The number of halogens is 3. The molecule has 0 aliphatic carbocycles. The van der Waals surface area contributed by atoms with Crippen molar-refractivity contribution in [3.63, 3.8) is 0 Å². The Hall–Kier alpha value is -2.26. The molecule has 3 aromatic rings. The maximum absolute atomic E-state index is 12.9. The zero-order chi connectivity index (χ0) is 20.1. The molecule has 6 nitrogen and oxygen atoms in total. The molecule has 0 amide bonds. The summed E-state index contributed by atoms with van der Waals surface area (Å²) < 4.78 is 27.7. The highest BCUT2D eigenvalue weighted by Crippen LogP contribution is 2.24. The molecule has 1 atom stereocenters. The summed E-state index contributed by atoms with van der Waals surface area (Å²) in [7, 11) is 0. The van der Waals surface area contributed by atoms with Gasteiger partial charge in [0.15, 0.2) is 5.82 Å². The largest absolute Gasteiger partial charge is 0.302 e. The van der Waals surface area contributed by atoms with Gasteiger partial charge in [0, 0.05) is 6.54 Å². The van der Waals surface area contributed by atoms with Crippen LogP contribution in [0.4, 0.5) is 8.78 Å². The van der Waals surface area contributed by atoms with Crippen LogP contribution in [-0.4, -0.2) is 38.2 Å². The number of tetrazole rings is 1. The third-order valence-electron chi connectivity index (χ3n) is 4.51. The van der Waals surface area contributed by atoms with Crippen LogP contribution < -0.4 is 5.32 Å². The molecule has 0 aliphatic rings. The maximum Gasteiger partial charge on any atom is 0.258 e. The first-order chi connectivity index (χ1) is 13.5. The van der Waals surface area contributed by atoms with Crippen molar-refractivity contribution in [1.82, 2.24) is 30.5 Å². The van der Waals surface area contributed by atoms with Gasteiger partial charge in [0.2, 0.25) is 0 Å². The van der Waals surface area contributed by atoms with E-state index in [4.69, 9.17) is 0 Å². The van der Waals surface area contributed by atoms with Crippen molar-refractivity contribution in [1.29, 1.82) is 0 Å². The highest BCUT2D eigenvalue weighted by Gasteiger charge is 2.25. The molecule has 1 unspecified atom stereocenters. The van der Waals surface area contributed by atoms with Gasteiger partial charge in [0.05, 0.1) is 5.69 Å². The van der Waals surface area contributed by atoms with Crippen LogP contribution in [0.5, 0.6) is 0 Å². The van der Waals surface area contributed by atoms with E-state index in [0.29, 0.717) is 22.7 Å². The Kier molecular flexibility index (Phi) is 6.79. The first-order valence-corrected chi connectivity index (χ1v) is 9.70. The summed E-state index contributed by atoms with van der Waals surface area (Å²) in [5, 5.41) is 14.8. The van der Waals surface area contributed by atoms with Gasteiger partial charge in [-0.1, -0.05) is 30.3 Å². The molecule has 2 heterocycles. The maximum atomic E-state index is 12.9. The number of rotatable bonds is 8. The quantitative estimate of drug-likeness (QED) is 0.530. The van der Waals surface area contributed by atoms with Crippen LogP contribution in [0, 0.1) is 13.8 Å². The van der Waals surface area contributed by atoms with Crippen LogP contribution in [0.3, 0.4) is 0 Å². The number of pyridine rings is 1. The molecule has 28 heavy (non-hydrogen) atoms. The molecular formula is C19H21BrF2N6. The summed E-state index contributed by atoms with van der Waals surface area (Å²) in [6.07, 6.45) is -1.77. The van der Waals surface area contributed by atoms with Gasteiger partial charge in [0.1, 0.15) is 17.2 Å². The van der Waals surface area contributed by atoms with Crippen LogP contribution in [0.2, 0.25) is 0 Å². The smallest absolute Gasteiger partial charge is 0.258 e. The lowest BCUT2D eigenvalue weighted by atomic mass is 10.0. The minimum atomic E-state index is -2.55. The lowest BCUT2D eigenvalue weighted by molar-refractivity contribution is 0.119. The highest BCUT2D eigenvalue weighted by atomic mass is 79.9. The second-order valence-electron chi connectivity index (χ2n) is 6.51. The number of nitrogens with zero attached hydrogens (tertiary/aromatic N) is 5. The molecule has 9 heteroatoms. The van der Waals surface area contributed by atoms with E-state index in [1.54, 1.807) is 0 Å². The number of aryl methyl sites for hydroxylation is 2. The minimum Gasteiger partial charge on any atom is -0.302 e. The number of hydrogen-bond donors (Lipinski definition) is 1. The monoisotopic (exact) mass is 450 g/mol. The normalized spacial score (nSPS) is 12.5. The summed E-state index contributed by atoms with van der Waals surface area (Å²) in [6, 6.07) is 11.4. The molecule has 3 rings (SSSR count). The van der Waals surface area contributed by atoms with Crippen LogP contribution in [0.25, 0.3) is 0 Å². The van der Waals surface area contributed by atoms with Gasteiger partial charge in [-0.3, -0.25) is 0 Å². The van der Waals surface area contributed by atoms with Gasteiger partial charge in [-0.25, -0.2) is 18.4 Å². The lowest BCUT2D eigenvalue weighted by Gasteiger charge is -2.20. The number of benzene rings is 1. The van der Waals surface area contributed by atoms with Crippen molar-refractivity contribution >= 4 is 15.9 Å². The molecule has 1 aromatic carbocycles. The van der Waals surface area contributed by atoms with Crippen molar-refractivity contribution in [2.75, 3.05) is 6.54 Å². The third kappa shape index (κ3) is 4.96. The molecule has 2 aromatic heterocycles. The number of hydrogen-bond acceptors (Lipinski definition) is 5. The zero-order valence-electron chi connectivity index (χ0n) is 15.6. The van der Waals surface area contributed by atoms with Gasteiger partial charge >= 0.3 is 0 Å². The van der Waals surface area contributed by atoms with Crippen LogP contribution in [-0.2, 0) is 13.0 Å². The second kappa shape index (κ2) is 9.29. The summed E-state index contributed by atoms with van der Waals surface area (Å²) in [6.45, 7) is 4.04. The topological polar surface area (TPSA) is 68.5 Å². The fourth-order valence-corrected chi connectivity index (χ4v) is 3.37. The molecule has 0 spiro atoms. The average Bonchev–Trinajstić information content (AvgIpc) is 3.09. The Morgan fingerprint density at radius 3 is 2.64 bits per heavy atom. The molecular weight excluding hydrogens is 430 g/mol. The van der Waals surface area contributed by atoms with E-state index in [1.165, 1.54) is 11.1 Å². The van der Waals surface area contributed by atoms with Crippen LogP contribution in [0.1, 0.15) is 34.3 Å². The van der Waals surface area contributed by atoms with E-state index in [0.717, 1.165) is 16.7 Å². The molecule has 0 saturated heterocycles. The van der Waals surface area contributed by atoms with Crippen molar-refractivity contribution in [3.05, 3.63) is 69.2 Å². The molecule has 0 radical (unpaired) electrons. The van der Waals surface area contributed by atoms with Crippen molar-refractivity contribution in [2.45, 2.75) is 39.3 Å². The van der Waals surface area contributed by atoms with Gasteiger partial charge in [0.25, 0.3) is 6.43 Å². The van der Waals surface area contributed by atoms with E-state index in [9.17, 15) is 8.78 Å². The lowest BCUT2D eigenvalue weighted by Crippen LogP contribution is -2.30. The van der Waals surface area contributed by atoms with E-state index in [1.807, 2.05) is 31.2 Å². The van der Waals surface area contributed by atoms with Crippen molar-refractivity contribution < 1.29 is 8.78 Å². The average molecular weight is 451 g/mol. The molecule has 0 aliphatic heterocycles. The van der Waals surface area contributed by atoms with Crippen LogP contribution in [0.15, 0.2) is 41.0 Å². The summed E-state index contributed by atoms with van der Waals surface area (Å²) in [4.78, 5) is 4.55. The molecule has 0 fully saturated rings. The van der Waals surface area contributed by atoms with E-state index in [-0.39, 0.29) is 0 Å². The standard InChI is InChI=1S/C19H21BrF2N6/c1-12-5-3-4-6-14(12)9-10-23-18(17-13(2)7-8-15(20)24-17)19-25-26-27-28(19)11-16(21)22/h3-8,16,18,23H,9-11H2,1-2H3. The van der Waals surface area contributed by atoms with E-state index < -0.39 is 19.0 Å². The number of nitrogens with one attached hydrogen (secondary N) is 1. The SMILES string of the molecule is Cc1ccccc1CCNC(c1nc(Br)ccc1C)c1nnnn1CC(F)F. The summed E-state index contributed by atoms with van der Waals surface area (Å²) in [5.74, 6) is 0.318. The van der Waals surface area contributed by atoms with Gasteiger partial charge in [-0.15, -0.1) is 5.10 Å². The molecule has 0 bridgehead atoms. The molecule has 1 N–H and O–H groups in total.